The maximum atomic E-state index is 13.0. The van der Waals surface area contributed by atoms with E-state index >= 15 is 0 Å². The molecule has 1 aliphatic rings. The quantitative estimate of drug-likeness (QED) is 0.412. The fourth-order valence-corrected chi connectivity index (χ4v) is 4.03. The van der Waals surface area contributed by atoms with Crippen molar-refractivity contribution in [1.29, 1.82) is 0 Å². The zero-order valence-corrected chi connectivity index (χ0v) is 17.8. The highest BCUT2D eigenvalue weighted by Crippen LogP contribution is 2.24. The molecule has 30 heavy (non-hydrogen) atoms. The van der Waals surface area contributed by atoms with Gasteiger partial charge in [-0.1, -0.05) is 56.3 Å². The molecular formula is C24H31N3O3. The lowest BCUT2D eigenvalue weighted by molar-refractivity contribution is -0.157. The summed E-state index contributed by atoms with van der Waals surface area (Å²) in [6.07, 6.45) is 1.00. The third-order valence-corrected chi connectivity index (χ3v) is 5.57. The van der Waals surface area contributed by atoms with E-state index in [0.29, 0.717) is 36.9 Å². The predicted molar refractivity (Wildman–Crippen MR) is 118 cm³/mol. The Morgan fingerprint density at radius 2 is 1.60 bits per heavy atom. The Balaban J connectivity index is 1.59. The van der Waals surface area contributed by atoms with E-state index in [4.69, 9.17) is 0 Å². The molecule has 1 aliphatic heterocycles. The molecular weight excluding hydrogens is 378 g/mol. The second-order valence-electron chi connectivity index (χ2n) is 8.28. The van der Waals surface area contributed by atoms with Crippen molar-refractivity contribution in [3.05, 3.63) is 54.6 Å². The Bertz CT molecular complexity index is 815. The highest BCUT2D eigenvalue weighted by Gasteiger charge is 2.29. The van der Waals surface area contributed by atoms with Crippen LogP contribution in [-0.4, -0.2) is 60.2 Å². The van der Waals surface area contributed by atoms with Crippen LogP contribution in [0.25, 0.3) is 11.1 Å². The Hall–Kier alpha value is -2.86. The summed E-state index contributed by atoms with van der Waals surface area (Å²) in [4.78, 5) is 27.9. The first-order chi connectivity index (χ1) is 14.5. The van der Waals surface area contributed by atoms with E-state index in [1.54, 1.807) is 0 Å². The Morgan fingerprint density at radius 1 is 1.00 bits per heavy atom. The molecule has 1 atom stereocenters. The molecule has 0 spiro atoms. The molecule has 2 amide bonds. The summed E-state index contributed by atoms with van der Waals surface area (Å²) in [6.45, 7) is 6.94. The van der Waals surface area contributed by atoms with E-state index in [1.807, 2.05) is 36.9 Å². The fourth-order valence-electron chi connectivity index (χ4n) is 4.03. The summed E-state index contributed by atoms with van der Waals surface area (Å²) >= 11 is 0. The summed E-state index contributed by atoms with van der Waals surface area (Å²) in [5.41, 5.74) is 3.54. The fraction of sp³-hybridized carbons (Fsp3) is 0.417. The Labute approximate surface area is 178 Å². The molecule has 0 radical (unpaired) electrons. The van der Waals surface area contributed by atoms with E-state index in [0.717, 1.165) is 18.8 Å². The van der Waals surface area contributed by atoms with E-state index in [9.17, 15) is 14.8 Å². The van der Waals surface area contributed by atoms with Crippen LogP contribution >= 0.6 is 0 Å². The summed E-state index contributed by atoms with van der Waals surface area (Å²) in [7, 11) is 0. The highest BCUT2D eigenvalue weighted by molar-refractivity contribution is 5.79. The van der Waals surface area contributed by atoms with Crippen LogP contribution in [0.5, 0.6) is 0 Å². The molecule has 2 aromatic carbocycles. The number of hydrogen-bond donors (Lipinski definition) is 1. The van der Waals surface area contributed by atoms with Crippen molar-refractivity contribution in [2.75, 3.05) is 37.6 Å². The van der Waals surface area contributed by atoms with Gasteiger partial charge in [-0.3, -0.25) is 14.8 Å². The Kier molecular flexibility index (Phi) is 7.46. The molecule has 1 saturated heterocycles. The first kappa shape index (κ1) is 21.8. The van der Waals surface area contributed by atoms with Crippen LogP contribution < -0.4 is 4.90 Å². The Morgan fingerprint density at radius 3 is 2.17 bits per heavy atom. The van der Waals surface area contributed by atoms with Crippen molar-refractivity contribution < 1.29 is 14.8 Å². The molecule has 6 nitrogen and oxygen atoms in total. The van der Waals surface area contributed by atoms with Gasteiger partial charge in [0, 0.05) is 31.9 Å². The van der Waals surface area contributed by atoms with Crippen molar-refractivity contribution in [3.63, 3.8) is 0 Å². The molecule has 0 saturated carbocycles. The third kappa shape index (κ3) is 5.60. The molecule has 1 heterocycles. The number of hydroxylamine groups is 2. The average molecular weight is 410 g/mol. The van der Waals surface area contributed by atoms with Crippen LogP contribution in [0.1, 0.15) is 20.3 Å². The van der Waals surface area contributed by atoms with E-state index in [1.165, 1.54) is 11.1 Å². The van der Waals surface area contributed by atoms with Crippen LogP contribution in [0.2, 0.25) is 0 Å². The monoisotopic (exact) mass is 409 g/mol. The van der Waals surface area contributed by atoms with Crippen LogP contribution in [-0.2, 0) is 9.59 Å². The van der Waals surface area contributed by atoms with Gasteiger partial charge < -0.3 is 9.80 Å². The van der Waals surface area contributed by atoms with Crippen LogP contribution in [0.4, 0.5) is 5.69 Å². The smallest absolute Gasteiger partial charge is 0.233 e. The minimum absolute atomic E-state index is 0.0173. The first-order valence-electron chi connectivity index (χ1n) is 10.6. The number of benzene rings is 2. The number of carbonyl (C=O) groups is 2. The van der Waals surface area contributed by atoms with Gasteiger partial charge in [0.05, 0.1) is 12.5 Å². The second kappa shape index (κ2) is 10.3. The van der Waals surface area contributed by atoms with Crippen molar-refractivity contribution in [3.8, 4) is 11.1 Å². The summed E-state index contributed by atoms with van der Waals surface area (Å²) in [5, 5.41) is 10.1. The third-order valence-electron chi connectivity index (χ3n) is 5.57. The molecule has 2 aromatic rings. The first-order valence-corrected chi connectivity index (χ1v) is 10.6. The van der Waals surface area contributed by atoms with Gasteiger partial charge in [-0.05, 0) is 35.6 Å². The number of hydrogen-bond acceptors (Lipinski definition) is 4. The van der Waals surface area contributed by atoms with Gasteiger partial charge in [0.2, 0.25) is 12.3 Å². The largest absolute Gasteiger partial charge is 0.368 e. The maximum absolute atomic E-state index is 13.0. The lowest BCUT2D eigenvalue weighted by Gasteiger charge is -2.38. The second-order valence-corrected chi connectivity index (χ2v) is 8.28. The standard InChI is InChI=1S/C24H31N3O3/c1-19(2)16-22(17-27(30)18-28)24(29)26-14-12-25(13-15-26)23-10-8-21(9-11-23)20-6-4-3-5-7-20/h3-11,18-19,22,30H,12-17H2,1-2H3/t22-/m0/s1. The van der Waals surface area contributed by atoms with Crippen LogP contribution in [0, 0.1) is 11.8 Å². The van der Waals surface area contributed by atoms with Gasteiger partial charge in [-0.15, -0.1) is 0 Å². The highest BCUT2D eigenvalue weighted by atomic mass is 16.5. The van der Waals surface area contributed by atoms with E-state index in [2.05, 4.69) is 41.3 Å². The minimum atomic E-state index is -0.378. The molecule has 0 aromatic heterocycles. The lowest BCUT2D eigenvalue weighted by atomic mass is 9.95. The molecule has 1 fully saturated rings. The van der Waals surface area contributed by atoms with Crippen LogP contribution in [0.3, 0.4) is 0 Å². The number of amides is 2. The van der Waals surface area contributed by atoms with E-state index in [-0.39, 0.29) is 18.4 Å². The zero-order valence-electron chi connectivity index (χ0n) is 17.8. The molecule has 1 N–H and O–H groups in total. The average Bonchev–Trinajstić information content (AvgIpc) is 2.78. The summed E-state index contributed by atoms with van der Waals surface area (Å²) in [6, 6.07) is 18.8. The molecule has 6 heteroatoms. The van der Waals surface area contributed by atoms with Gasteiger partial charge in [0.25, 0.3) is 0 Å². The predicted octanol–water partition coefficient (Wildman–Crippen LogP) is 3.51. The number of anilines is 1. The maximum Gasteiger partial charge on any atom is 0.233 e. The van der Waals surface area contributed by atoms with Crippen molar-refractivity contribution >= 4 is 18.0 Å². The van der Waals surface area contributed by atoms with Gasteiger partial charge in [0.15, 0.2) is 0 Å². The molecule has 0 bridgehead atoms. The van der Waals surface area contributed by atoms with E-state index < -0.39 is 0 Å². The molecule has 0 unspecified atom stereocenters. The zero-order chi connectivity index (χ0) is 21.5. The van der Waals surface area contributed by atoms with Gasteiger partial charge >= 0.3 is 0 Å². The number of rotatable bonds is 8. The van der Waals surface area contributed by atoms with Crippen molar-refractivity contribution in [2.24, 2.45) is 11.8 Å². The van der Waals surface area contributed by atoms with Gasteiger partial charge in [-0.25, -0.2) is 5.06 Å². The van der Waals surface area contributed by atoms with Crippen molar-refractivity contribution in [1.82, 2.24) is 9.96 Å². The lowest BCUT2D eigenvalue weighted by Crippen LogP contribution is -2.51. The SMILES string of the molecule is CC(C)C[C@@H](CN(O)C=O)C(=O)N1CCN(c2ccc(-c3ccccc3)cc2)CC1. The topological polar surface area (TPSA) is 64.1 Å². The summed E-state index contributed by atoms with van der Waals surface area (Å²) in [5.74, 6) is -0.0519. The molecule has 160 valence electrons. The van der Waals surface area contributed by atoms with Crippen LogP contribution in [0.15, 0.2) is 54.6 Å². The van der Waals surface area contributed by atoms with Gasteiger partial charge in [-0.2, -0.15) is 0 Å². The summed E-state index contributed by atoms with van der Waals surface area (Å²) < 4.78 is 0. The molecule has 0 aliphatic carbocycles. The number of nitrogens with zero attached hydrogens (tertiary/aromatic N) is 3. The normalized spacial score (nSPS) is 15.2. The minimum Gasteiger partial charge on any atom is -0.368 e. The molecule has 3 rings (SSSR count). The van der Waals surface area contributed by atoms with Crippen molar-refractivity contribution in [2.45, 2.75) is 20.3 Å². The van der Waals surface area contributed by atoms with Gasteiger partial charge in [0.1, 0.15) is 0 Å². The number of piperazine rings is 1. The number of carbonyl (C=O) groups excluding carboxylic acids is 2.